The molecule has 17 heavy (non-hydrogen) atoms. The van der Waals surface area contributed by atoms with Gasteiger partial charge < -0.3 is 5.32 Å². The van der Waals surface area contributed by atoms with Gasteiger partial charge in [-0.3, -0.25) is 0 Å². The molecule has 3 rings (SSSR count). The number of nitrogens with zero attached hydrogens (tertiary/aromatic N) is 1. The van der Waals surface area contributed by atoms with E-state index in [9.17, 15) is 0 Å². The molecule has 0 saturated carbocycles. The van der Waals surface area contributed by atoms with Gasteiger partial charge in [0.2, 0.25) is 0 Å². The van der Waals surface area contributed by atoms with E-state index >= 15 is 0 Å². The zero-order chi connectivity index (χ0) is 11.7. The van der Waals surface area contributed by atoms with Crippen molar-refractivity contribution in [2.45, 2.75) is 12.5 Å². The highest BCUT2D eigenvalue weighted by molar-refractivity contribution is 9.10. The molecule has 2 heterocycles. The molecule has 0 spiro atoms. The number of thioether (sulfide) groups is 1. The van der Waals surface area contributed by atoms with Gasteiger partial charge in [-0.2, -0.15) is 11.8 Å². The zero-order valence-electron chi connectivity index (χ0n) is 9.28. The molecule has 1 aliphatic heterocycles. The van der Waals surface area contributed by atoms with Crippen LogP contribution in [0.25, 0.3) is 10.2 Å². The summed E-state index contributed by atoms with van der Waals surface area (Å²) in [6.07, 6.45) is 1.06. The second-order valence-electron chi connectivity index (χ2n) is 4.15. The topological polar surface area (TPSA) is 24.9 Å². The molecule has 2 nitrogen and oxygen atoms in total. The first-order valence-corrected chi connectivity index (χ1v) is 8.44. The third-order valence-electron chi connectivity index (χ3n) is 2.81. The molecule has 2 aromatic rings. The van der Waals surface area contributed by atoms with Crippen molar-refractivity contribution in [1.29, 1.82) is 0 Å². The number of rotatable bonds is 2. The number of thiazole rings is 1. The molecule has 0 aliphatic carbocycles. The maximum absolute atomic E-state index is 4.71. The van der Waals surface area contributed by atoms with Crippen molar-refractivity contribution in [3.05, 3.63) is 27.7 Å². The zero-order valence-corrected chi connectivity index (χ0v) is 12.5. The fraction of sp³-hybridized carbons (Fsp3) is 0.417. The summed E-state index contributed by atoms with van der Waals surface area (Å²) in [5, 5.41) is 4.81. The van der Waals surface area contributed by atoms with Gasteiger partial charge in [0.15, 0.2) is 0 Å². The number of hydrogen-bond donors (Lipinski definition) is 1. The van der Waals surface area contributed by atoms with Crippen molar-refractivity contribution < 1.29 is 0 Å². The quantitative estimate of drug-likeness (QED) is 0.915. The molecule has 1 fully saturated rings. The van der Waals surface area contributed by atoms with Gasteiger partial charge in [-0.25, -0.2) is 4.98 Å². The molecule has 1 N–H and O–H groups in total. The Morgan fingerprint density at radius 1 is 1.47 bits per heavy atom. The summed E-state index contributed by atoms with van der Waals surface area (Å²) in [5.41, 5.74) is 1.11. The van der Waals surface area contributed by atoms with Crippen LogP contribution in [-0.4, -0.2) is 29.1 Å². The normalized spacial score (nSPS) is 20.9. The fourth-order valence-electron chi connectivity index (χ4n) is 2.00. The van der Waals surface area contributed by atoms with Gasteiger partial charge >= 0.3 is 0 Å². The lowest BCUT2D eigenvalue weighted by atomic mass is 10.2. The van der Waals surface area contributed by atoms with Gasteiger partial charge in [0.1, 0.15) is 0 Å². The molecule has 1 aromatic carbocycles. The summed E-state index contributed by atoms with van der Waals surface area (Å²) >= 11 is 7.35. The van der Waals surface area contributed by atoms with Gasteiger partial charge in [0.25, 0.3) is 0 Å². The van der Waals surface area contributed by atoms with E-state index in [1.54, 1.807) is 0 Å². The SMILES string of the molecule is Brc1ccc2sc(CC3CSCCN3)nc2c1. The molecule has 1 unspecified atom stereocenters. The number of benzene rings is 1. The summed E-state index contributed by atoms with van der Waals surface area (Å²) in [7, 11) is 0. The molecule has 1 saturated heterocycles. The number of nitrogens with one attached hydrogen (secondary N) is 1. The third kappa shape index (κ3) is 2.84. The van der Waals surface area contributed by atoms with Crippen LogP contribution >= 0.6 is 39.0 Å². The monoisotopic (exact) mass is 328 g/mol. The largest absolute Gasteiger partial charge is 0.312 e. The van der Waals surface area contributed by atoms with Crippen LogP contribution in [0, 0.1) is 0 Å². The first kappa shape index (κ1) is 12.0. The molecule has 1 aliphatic rings. The van der Waals surface area contributed by atoms with Gasteiger partial charge in [-0.05, 0) is 18.2 Å². The van der Waals surface area contributed by atoms with Crippen LogP contribution in [0.2, 0.25) is 0 Å². The summed E-state index contributed by atoms with van der Waals surface area (Å²) in [6, 6.07) is 6.92. The molecule has 1 aromatic heterocycles. The van der Waals surface area contributed by atoms with Crippen LogP contribution in [0.5, 0.6) is 0 Å². The van der Waals surface area contributed by atoms with E-state index in [1.165, 1.54) is 21.2 Å². The molecule has 0 amide bonds. The Hall–Kier alpha value is -0.100. The molecule has 0 bridgehead atoms. The minimum absolute atomic E-state index is 0.595. The number of fused-ring (bicyclic) bond motifs is 1. The van der Waals surface area contributed by atoms with E-state index in [0.717, 1.165) is 23.0 Å². The minimum Gasteiger partial charge on any atom is -0.312 e. The standard InChI is InChI=1S/C12H13BrN2S2/c13-8-1-2-11-10(5-8)15-12(17-11)6-9-7-16-4-3-14-9/h1-2,5,9,14H,3-4,6-7H2. The van der Waals surface area contributed by atoms with E-state index in [0.29, 0.717) is 6.04 Å². The summed E-state index contributed by atoms with van der Waals surface area (Å²) < 4.78 is 2.39. The van der Waals surface area contributed by atoms with Crippen molar-refractivity contribution in [2.24, 2.45) is 0 Å². The lowest BCUT2D eigenvalue weighted by Gasteiger charge is -2.21. The summed E-state index contributed by atoms with van der Waals surface area (Å²) in [4.78, 5) is 4.71. The van der Waals surface area contributed by atoms with Crippen LogP contribution in [-0.2, 0) is 6.42 Å². The highest BCUT2D eigenvalue weighted by Crippen LogP contribution is 2.26. The Balaban J connectivity index is 1.80. The van der Waals surface area contributed by atoms with Crippen LogP contribution < -0.4 is 5.32 Å². The van der Waals surface area contributed by atoms with Gasteiger partial charge in [-0.15, -0.1) is 11.3 Å². The van der Waals surface area contributed by atoms with Crippen molar-refractivity contribution >= 4 is 49.2 Å². The van der Waals surface area contributed by atoms with E-state index in [1.807, 2.05) is 23.1 Å². The highest BCUT2D eigenvalue weighted by atomic mass is 79.9. The number of aromatic nitrogens is 1. The predicted molar refractivity (Wildman–Crippen MR) is 80.1 cm³/mol. The van der Waals surface area contributed by atoms with Crippen LogP contribution in [0.1, 0.15) is 5.01 Å². The molecule has 0 radical (unpaired) electrons. The molecule has 90 valence electrons. The minimum atomic E-state index is 0.595. The van der Waals surface area contributed by atoms with E-state index in [-0.39, 0.29) is 0 Å². The molecular formula is C12H13BrN2S2. The Kier molecular flexibility index (Phi) is 3.70. The van der Waals surface area contributed by atoms with Crippen molar-refractivity contribution in [3.8, 4) is 0 Å². The smallest absolute Gasteiger partial charge is 0.0954 e. The highest BCUT2D eigenvalue weighted by Gasteiger charge is 2.15. The number of hydrogen-bond acceptors (Lipinski definition) is 4. The van der Waals surface area contributed by atoms with Gasteiger partial charge in [0, 0.05) is 35.0 Å². The lowest BCUT2D eigenvalue weighted by molar-refractivity contribution is 0.562. The van der Waals surface area contributed by atoms with Crippen LogP contribution in [0.3, 0.4) is 0 Å². The van der Waals surface area contributed by atoms with E-state index in [2.05, 4.69) is 39.4 Å². The first-order chi connectivity index (χ1) is 8.31. The second kappa shape index (κ2) is 5.26. The predicted octanol–water partition coefficient (Wildman–Crippen LogP) is 3.31. The summed E-state index contributed by atoms with van der Waals surface area (Å²) in [5.74, 6) is 2.45. The second-order valence-corrected chi connectivity index (χ2v) is 7.33. The Labute approximate surface area is 117 Å². The number of halogens is 1. The maximum atomic E-state index is 4.71. The molecule has 1 atom stereocenters. The van der Waals surface area contributed by atoms with Crippen LogP contribution in [0.4, 0.5) is 0 Å². The Morgan fingerprint density at radius 2 is 2.41 bits per heavy atom. The van der Waals surface area contributed by atoms with Gasteiger partial charge in [-0.1, -0.05) is 15.9 Å². The lowest BCUT2D eigenvalue weighted by Crippen LogP contribution is -2.38. The molecule has 5 heteroatoms. The van der Waals surface area contributed by atoms with Gasteiger partial charge in [0.05, 0.1) is 15.2 Å². The molecular weight excluding hydrogens is 316 g/mol. The first-order valence-electron chi connectivity index (χ1n) is 5.67. The average molecular weight is 329 g/mol. The summed E-state index contributed by atoms with van der Waals surface area (Å²) in [6.45, 7) is 1.13. The Morgan fingerprint density at radius 3 is 3.24 bits per heavy atom. The van der Waals surface area contributed by atoms with Crippen molar-refractivity contribution in [3.63, 3.8) is 0 Å². The van der Waals surface area contributed by atoms with E-state index in [4.69, 9.17) is 4.98 Å². The van der Waals surface area contributed by atoms with E-state index < -0.39 is 0 Å². The average Bonchev–Trinajstić information content (AvgIpc) is 2.71. The fourth-order valence-corrected chi connectivity index (χ4v) is 4.32. The van der Waals surface area contributed by atoms with Crippen molar-refractivity contribution in [1.82, 2.24) is 10.3 Å². The van der Waals surface area contributed by atoms with Crippen LogP contribution in [0.15, 0.2) is 22.7 Å². The Bertz CT molecular complexity index is 520. The maximum Gasteiger partial charge on any atom is 0.0954 e. The third-order valence-corrected chi connectivity index (χ3v) is 5.50. The van der Waals surface area contributed by atoms with Crippen molar-refractivity contribution in [2.75, 3.05) is 18.1 Å².